The molecule has 0 aliphatic carbocycles. The van der Waals surface area contributed by atoms with E-state index in [0.717, 1.165) is 6.42 Å². The summed E-state index contributed by atoms with van der Waals surface area (Å²) in [4.78, 5) is 1.34. The van der Waals surface area contributed by atoms with Gasteiger partial charge in [-0.2, -0.15) is 0 Å². The minimum atomic E-state index is 0.642. The molecule has 0 saturated heterocycles. The van der Waals surface area contributed by atoms with E-state index < -0.39 is 0 Å². The quantitative estimate of drug-likeness (QED) is 0.505. The van der Waals surface area contributed by atoms with Gasteiger partial charge >= 0.3 is 0 Å². The maximum absolute atomic E-state index is 3.80. The van der Waals surface area contributed by atoms with Crippen LogP contribution in [0, 0.1) is 0 Å². The van der Waals surface area contributed by atoms with Crippen molar-refractivity contribution in [3.63, 3.8) is 0 Å². The van der Waals surface area contributed by atoms with Crippen LogP contribution in [0.5, 0.6) is 0 Å². The Morgan fingerprint density at radius 2 is 2.00 bits per heavy atom. The lowest BCUT2D eigenvalue weighted by Gasteiger charge is -2.13. The number of hydrogen-bond acceptors (Lipinski definition) is 1. The highest BCUT2D eigenvalue weighted by atomic mass is 32.2. The van der Waals surface area contributed by atoms with E-state index in [0.29, 0.717) is 5.92 Å². The first-order valence-electron chi connectivity index (χ1n) is 5.06. The van der Waals surface area contributed by atoms with Gasteiger partial charge in [-0.25, -0.2) is 0 Å². The van der Waals surface area contributed by atoms with Gasteiger partial charge in [0.15, 0.2) is 0 Å². The van der Waals surface area contributed by atoms with Crippen molar-refractivity contribution in [3.05, 3.63) is 42.5 Å². The first-order valence-corrected chi connectivity index (χ1v) is 6.29. The molecule has 1 rings (SSSR count). The Morgan fingerprint density at radius 3 is 2.43 bits per heavy atom. The molecule has 76 valence electrons. The third-order valence-corrected chi connectivity index (χ3v) is 3.27. The molecule has 1 aromatic rings. The van der Waals surface area contributed by atoms with Crippen molar-refractivity contribution >= 4 is 11.8 Å². The summed E-state index contributed by atoms with van der Waals surface area (Å²) in [7, 11) is 0. The first-order chi connectivity index (χ1) is 6.81. The average molecular weight is 206 g/mol. The molecule has 0 amide bonds. The van der Waals surface area contributed by atoms with Gasteiger partial charge in [-0.05, 0) is 42.7 Å². The predicted molar refractivity (Wildman–Crippen MR) is 66.1 cm³/mol. The van der Waals surface area contributed by atoms with Crippen LogP contribution in [0.25, 0.3) is 0 Å². The molecule has 0 saturated carbocycles. The minimum Gasteiger partial charge on any atom is -0.130 e. The highest BCUT2D eigenvalue weighted by Crippen LogP contribution is 2.25. The SMILES string of the molecule is C=CCC(CC)c1ccc(SC)cc1. The van der Waals surface area contributed by atoms with Crippen LogP contribution >= 0.6 is 11.8 Å². The van der Waals surface area contributed by atoms with E-state index in [-0.39, 0.29) is 0 Å². The lowest BCUT2D eigenvalue weighted by atomic mass is 9.93. The smallest absolute Gasteiger partial charge is 0.00693 e. The van der Waals surface area contributed by atoms with E-state index in [1.165, 1.54) is 16.9 Å². The van der Waals surface area contributed by atoms with E-state index in [2.05, 4.69) is 44.0 Å². The van der Waals surface area contributed by atoms with Gasteiger partial charge in [0.25, 0.3) is 0 Å². The van der Waals surface area contributed by atoms with Gasteiger partial charge in [-0.3, -0.25) is 0 Å². The summed E-state index contributed by atoms with van der Waals surface area (Å²) in [6.07, 6.45) is 6.38. The summed E-state index contributed by atoms with van der Waals surface area (Å²) in [5, 5.41) is 0. The van der Waals surface area contributed by atoms with E-state index >= 15 is 0 Å². The molecule has 1 aromatic carbocycles. The number of benzene rings is 1. The molecule has 1 atom stereocenters. The Labute approximate surface area is 91.4 Å². The fraction of sp³-hybridized carbons (Fsp3) is 0.385. The minimum absolute atomic E-state index is 0.642. The zero-order valence-electron chi connectivity index (χ0n) is 8.99. The van der Waals surface area contributed by atoms with Gasteiger partial charge in [0, 0.05) is 4.90 Å². The molecule has 0 aliphatic heterocycles. The molecule has 0 nitrogen and oxygen atoms in total. The zero-order valence-corrected chi connectivity index (χ0v) is 9.81. The van der Waals surface area contributed by atoms with Gasteiger partial charge in [0.1, 0.15) is 0 Å². The van der Waals surface area contributed by atoms with Crippen molar-refractivity contribution < 1.29 is 0 Å². The number of allylic oxidation sites excluding steroid dienone is 1. The van der Waals surface area contributed by atoms with Crippen LogP contribution in [-0.4, -0.2) is 6.26 Å². The fourth-order valence-corrected chi connectivity index (χ4v) is 2.02. The molecule has 0 bridgehead atoms. The second-order valence-electron chi connectivity index (χ2n) is 3.40. The lowest BCUT2D eigenvalue weighted by Crippen LogP contribution is -1.95. The second-order valence-corrected chi connectivity index (χ2v) is 4.28. The van der Waals surface area contributed by atoms with Crippen LogP contribution in [0.2, 0.25) is 0 Å². The van der Waals surface area contributed by atoms with E-state index in [9.17, 15) is 0 Å². The van der Waals surface area contributed by atoms with Crippen molar-refractivity contribution in [2.24, 2.45) is 0 Å². The zero-order chi connectivity index (χ0) is 10.4. The van der Waals surface area contributed by atoms with Crippen molar-refractivity contribution in [2.45, 2.75) is 30.6 Å². The molecule has 0 N–H and O–H groups in total. The van der Waals surface area contributed by atoms with Crippen molar-refractivity contribution in [1.82, 2.24) is 0 Å². The number of thioether (sulfide) groups is 1. The first kappa shape index (κ1) is 11.4. The monoisotopic (exact) mass is 206 g/mol. The van der Waals surface area contributed by atoms with E-state index in [1.54, 1.807) is 11.8 Å². The van der Waals surface area contributed by atoms with Crippen LogP contribution in [0.15, 0.2) is 41.8 Å². The van der Waals surface area contributed by atoms with Gasteiger partial charge in [-0.1, -0.05) is 25.1 Å². The number of hydrogen-bond donors (Lipinski definition) is 0. The maximum atomic E-state index is 3.80. The Hall–Kier alpha value is -0.690. The Morgan fingerprint density at radius 1 is 1.36 bits per heavy atom. The molecular weight excluding hydrogens is 188 g/mol. The molecular formula is C13H18S. The summed E-state index contributed by atoms with van der Waals surface area (Å²) in [5.74, 6) is 0.642. The molecule has 1 unspecified atom stereocenters. The van der Waals surface area contributed by atoms with Crippen molar-refractivity contribution in [2.75, 3.05) is 6.26 Å². The molecule has 0 radical (unpaired) electrons. The van der Waals surface area contributed by atoms with Crippen LogP contribution in [-0.2, 0) is 0 Å². The number of rotatable bonds is 5. The van der Waals surface area contributed by atoms with Gasteiger partial charge in [0.2, 0.25) is 0 Å². The van der Waals surface area contributed by atoms with Gasteiger partial charge in [0.05, 0.1) is 0 Å². The largest absolute Gasteiger partial charge is 0.130 e. The highest BCUT2D eigenvalue weighted by Gasteiger charge is 2.06. The standard InChI is InChI=1S/C13H18S/c1-4-6-11(5-2)12-7-9-13(14-3)10-8-12/h4,7-11H,1,5-6H2,2-3H3. The Balaban J connectivity index is 2.77. The predicted octanol–water partition coefficient (Wildman–Crippen LogP) is 4.48. The Bertz CT molecular complexity index is 274. The molecule has 0 aliphatic rings. The summed E-state index contributed by atoms with van der Waals surface area (Å²) in [5.41, 5.74) is 1.44. The molecule has 0 heterocycles. The summed E-state index contributed by atoms with van der Waals surface area (Å²) in [6, 6.07) is 8.88. The Kier molecular flexibility index (Phi) is 4.81. The normalized spacial score (nSPS) is 12.4. The van der Waals surface area contributed by atoms with Crippen LogP contribution in [0.1, 0.15) is 31.2 Å². The maximum Gasteiger partial charge on any atom is 0.00693 e. The summed E-state index contributed by atoms with van der Waals surface area (Å²) >= 11 is 1.79. The van der Waals surface area contributed by atoms with E-state index in [1.807, 2.05) is 6.08 Å². The van der Waals surface area contributed by atoms with E-state index in [4.69, 9.17) is 0 Å². The van der Waals surface area contributed by atoms with Gasteiger partial charge in [-0.15, -0.1) is 18.3 Å². The molecule has 0 spiro atoms. The summed E-state index contributed by atoms with van der Waals surface area (Å²) < 4.78 is 0. The van der Waals surface area contributed by atoms with Crippen LogP contribution in [0.3, 0.4) is 0 Å². The molecule has 14 heavy (non-hydrogen) atoms. The average Bonchev–Trinajstić information content (AvgIpc) is 2.26. The van der Waals surface area contributed by atoms with Crippen molar-refractivity contribution in [3.8, 4) is 0 Å². The topological polar surface area (TPSA) is 0 Å². The molecule has 1 heteroatoms. The van der Waals surface area contributed by atoms with Crippen molar-refractivity contribution in [1.29, 1.82) is 0 Å². The highest BCUT2D eigenvalue weighted by molar-refractivity contribution is 7.98. The van der Waals surface area contributed by atoms with Crippen LogP contribution < -0.4 is 0 Å². The third kappa shape index (κ3) is 2.91. The molecule has 0 fully saturated rings. The fourth-order valence-electron chi connectivity index (χ4n) is 1.62. The molecule has 0 aromatic heterocycles. The lowest BCUT2D eigenvalue weighted by molar-refractivity contribution is 0.674. The van der Waals surface area contributed by atoms with Gasteiger partial charge < -0.3 is 0 Å². The third-order valence-electron chi connectivity index (χ3n) is 2.53. The second kappa shape index (κ2) is 5.92. The van der Waals surface area contributed by atoms with Crippen LogP contribution in [0.4, 0.5) is 0 Å². The summed E-state index contributed by atoms with van der Waals surface area (Å²) in [6.45, 7) is 6.04.